The van der Waals surface area contributed by atoms with Gasteiger partial charge >= 0.3 is 0 Å². The van der Waals surface area contributed by atoms with Gasteiger partial charge < -0.3 is 5.73 Å². The molecular formula is C6H8IN2P. The van der Waals surface area contributed by atoms with E-state index in [0.29, 0.717) is 0 Å². The van der Waals surface area contributed by atoms with Crippen molar-refractivity contribution in [2.45, 2.75) is 6.42 Å². The van der Waals surface area contributed by atoms with E-state index < -0.39 is 0 Å². The lowest BCUT2D eigenvalue weighted by atomic mass is 10.3. The number of hydrogen-bond acceptors (Lipinski definition) is 1. The van der Waals surface area contributed by atoms with Crippen molar-refractivity contribution >= 4 is 42.4 Å². The first-order valence-electron chi connectivity index (χ1n) is 3.19. The monoisotopic (exact) mass is 266 g/mol. The second-order valence-corrected chi connectivity index (χ2v) is 4.79. The Labute approximate surface area is 75.4 Å². The topological polar surface area (TPSA) is 30.9 Å². The molecule has 1 aliphatic heterocycles. The third-order valence-corrected chi connectivity index (χ3v) is 4.04. The molecule has 0 saturated carbocycles. The molecule has 1 aromatic heterocycles. The van der Waals surface area contributed by atoms with Crippen LogP contribution in [-0.4, -0.2) is 8.94 Å². The van der Waals surface area contributed by atoms with Gasteiger partial charge in [0.05, 0.1) is 28.6 Å². The number of nitrogens with zero attached hydrogens (tertiary/aromatic N) is 1. The van der Waals surface area contributed by atoms with E-state index in [-0.39, 0.29) is 0 Å². The van der Waals surface area contributed by atoms with Crippen molar-refractivity contribution in [1.29, 1.82) is 0 Å². The van der Waals surface area contributed by atoms with E-state index >= 15 is 0 Å². The summed E-state index contributed by atoms with van der Waals surface area (Å²) < 4.78 is 2.13. The van der Waals surface area contributed by atoms with Crippen LogP contribution < -0.4 is 11.0 Å². The summed E-state index contributed by atoms with van der Waals surface area (Å²) in [6, 6.07) is 0. The number of halogens is 1. The molecule has 1 atom stereocenters. The summed E-state index contributed by atoms with van der Waals surface area (Å²) in [5, 5.41) is 1.41. The first-order chi connectivity index (χ1) is 4.79. The molecule has 2 heterocycles. The zero-order valence-electron chi connectivity index (χ0n) is 5.39. The molecule has 1 unspecified atom stereocenters. The minimum Gasteiger partial charge on any atom is -0.397 e. The van der Waals surface area contributed by atoms with Crippen molar-refractivity contribution in [2.24, 2.45) is 0 Å². The van der Waals surface area contributed by atoms with Crippen LogP contribution in [0.25, 0.3) is 0 Å². The lowest BCUT2D eigenvalue weighted by Crippen LogP contribution is -1.99. The predicted molar refractivity (Wildman–Crippen MR) is 54.8 cm³/mol. The van der Waals surface area contributed by atoms with Crippen molar-refractivity contribution in [1.82, 2.24) is 2.78 Å². The number of rotatable bonds is 0. The molecule has 2 N–H and O–H groups in total. The minimum atomic E-state index is 0.949. The minimum absolute atomic E-state index is 0.949. The molecule has 0 amide bonds. The molecule has 0 fully saturated rings. The van der Waals surface area contributed by atoms with E-state index in [4.69, 9.17) is 5.73 Å². The van der Waals surface area contributed by atoms with Gasteiger partial charge in [-0.25, -0.2) is 0 Å². The van der Waals surface area contributed by atoms with E-state index in [1.807, 2.05) is 6.20 Å². The van der Waals surface area contributed by atoms with E-state index in [1.54, 1.807) is 0 Å². The second kappa shape index (κ2) is 2.38. The Morgan fingerprint density at radius 1 is 1.70 bits per heavy atom. The Balaban J connectivity index is 2.61. The van der Waals surface area contributed by atoms with Crippen LogP contribution in [0.1, 0.15) is 5.69 Å². The third kappa shape index (κ3) is 0.873. The highest BCUT2D eigenvalue weighted by Crippen LogP contribution is 2.29. The average molecular weight is 266 g/mol. The molecule has 1 aromatic rings. The molecule has 0 bridgehead atoms. The maximum Gasteiger partial charge on any atom is 0.0638 e. The van der Waals surface area contributed by atoms with Crippen molar-refractivity contribution in [3.63, 3.8) is 0 Å². The average Bonchev–Trinajstić information content (AvgIpc) is 2.39. The van der Waals surface area contributed by atoms with Crippen LogP contribution in [-0.2, 0) is 6.42 Å². The Morgan fingerprint density at radius 3 is 3.20 bits per heavy atom. The number of aromatic nitrogens is 1. The van der Waals surface area contributed by atoms with Crippen LogP contribution in [0.15, 0.2) is 6.20 Å². The maximum absolute atomic E-state index is 5.77. The highest BCUT2D eigenvalue weighted by molar-refractivity contribution is 14.1. The van der Waals surface area contributed by atoms with Gasteiger partial charge in [-0.3, -0.25) is 2.78 Å². The third-order valence-electron chi connectivity index (χ3n) is 1.75. The smallest absolute Gasteiger partial charge is 0.0638 e. The van der Waals surface area contributed by atoms with Crippen LogP contribution in [0.2, 0.25) is 0 Å². The zero-order chi connectivity index (χ0) is 7.14. The molecule has 0 spiro atoms. The van der Waals surface area contributed by atoms with Gasteiger partial charge in [0, 0.05) is 17.2 Å². The fourth-order valence-electron chi connectivity index (χ4n) is 1.28. The quantitative estimate of drug-likeness (QED) is 0.554. The summed E-state index contributed by atoms with van der Waals surface area (Å²) in [5.74, 6) is 0. The number of anilines is 1. The van der Waals surface area contributed by atoms with Gasteiger partial charge in [0.25, 0.3) is 0 Å². The van der Waals surface area contributed by atoms with Gasteiger partial charge in [0.15, 0.2) is 0 Å². The SMILES string of the molecule is Nc1cn(I)c2c1PCC2. The van der Waals surface area contributed by atoms with E-state index in [9.17, 15) is 0 Å². The Hall–Kier alpha value is 0.240. The zero-order valence-corrected chi connectivity index (χ0v) is 8.55. The molecule has 2 nitrogen and oxygen atoms in total. The van der Waals surface area contributed by atoms with Crippen LogP contribution >= 0.6 is 31.4 Å². The van der Waals surface area contributed by atoms with Crippen molar-refractivity contribution in [2.75, 3.05) is 11.9 Å². The molecule has 2 rings (SSSR count). The van der Waals surface area contributed by atoms with Crippen LogP contribution in [0.5, 0.6) is 0 Å². The van der Waals surface area contributed by atoms with Gasteiger partial charge in [-0.15, -0.1) is 0 Å². The summed E-state index contributed by atoms with van der Waals surface area (Å²) >= 11 is 2.29. The van der Waals surface area contributed by atoms with Crippen LogP contribution in [0.4, 0.5) is 5.69 Å². The highest BCUT2D eigenvalue weighted by atomic mass is 127. The Bertz CT molecular complexity index is 244. The van der Waals surface area contributed by atoms with Gasteiger partial charge in [0.1, 0.15) is 0 Å². The molecule has 4 heteroatoms. The number of nitrogens with two attached hydrogens (primary N) is 1. The fourth-order valence-corrected chi connectivity index (χ4v) is 3.62. The summed E-state index contributed by atoms with van der Waals surface area (Å²) in [4.78, 5) is 0. The molecular weight excluding hydrogens is 258 g/mol. The molecule has 0 saturated heterocycles. The van der Waals surface area contributed by atoms with Crippen LogP contribution in [0.3, 0.4) is 0 Å². The lowest BCUT2D eigenvalue weighted by Gasteiger charge is -1.91. The number of hydrogen-bond donors (Lipinski definition) is 1. The first kappa shape index (κ1) is 6.92. The standard InChI is InChI=1S/C6H8IN2P/c7-9-3-4(8)6-5(9)1-2-10-6/h3,10H,1-2,8H2. The van der Waals surface area contributed by atoms with Crippen molar-refractivity contribution in [3.05, 3.63) is 11.9 Å². The molecule has 0 radical (unpaired) electrons. The largest absolute Gasteiger partial charge is 0.397 e. The van der Waals surface area contributed by atoms with E-state index in [0.717, 1.165) is 14.3 Å². The molecule has 0 aliphatic carbocycles. The maximum atomic E-state index is 5.77. The van der Waals surface area contributed by atoms with Crippen molar-refractivity contribution < 1.29 is 0 Å². The Kier molecular flexibility index (Phi) is 1.65. The summed E-state index contributed by atoms with van der Waals surface area (Å²) in [6.07, 6.45) is 4.53. The van der Waals surface area contributed by atoms with Gasteiger partial charge in [-0.05, 0) is 12.6 Å². The summed E-state index contributed by atoms with van der Waals surface area (Å²) in [6.45, 7) is 0. The molecule has 0 aromatic carbocycles. The normalized spacial score (nSPS) is 18.1. The molecule has 10 heavy (non-hydrogen) atoms. The summed E-state index contributed by atoms with van der Waals surface area (Å²) in [7, 11) is 0.949. The number of nitrogen functional groups attached to an aromatic ring is 1. The first-order valence-corrected chi connectivity index (χ1v) is 5.36. The summed E-state index contributed by atoms with van der Waals surface area (Å²) in [5.41, 5.74) is 8.20. The van der Waals surface area contributed by atoms with E-state index in [2.05, 4.69) is 25.6 Å². The van der Waals surface area contributed by atoms with E-state index in [1.165, 1.54) is 23.6 Å². The van der Waals surface area contributed by atoms with Crippen LogP contribution in [0, 0.1) is 0 Å². The molecule has 1 aliphatic rings. The lowest BCUT2D eigenvalue weighted by molar-refractivity contribution is 1.09. The van der Waals surface area contributed by atoms with Crippen molar-refractivity contribution in [3.8, 4) is 0 Å². The number of fused-ring (bicyclic) bond motifs is 1. The second-order valence-electron chi connectivity index (χ2n) is 2.39. The predicted octanol–water partition coefficient (Wildman–Crippen LogP) is 1.13. The highest BCUT2D eigenvalue weighted by Gasteiger charge is 2.17. The Morgan fingerprint density at radius 2 is 2.50 bits per heavy atom. The van der Waals surface area contributed by atoms with Gasteiger partial charge in [-0.1, -0.05) is 8.58 Å². The molecule has 54 valence electrons. The fraction of sp³-hybridized carbons (Fsp3) is 0.333. The van der Waals surface area contributed by atoms with Gasteiger partial charge in [0.2, 0.25) is 0 Å². The van der Waals surface area contributed by atoms with Gasteiger partial charge in [-0.2, -0.15) is 0 Å².